The van der Waals surface area contributed by atoms with Crippen molar-refractivity contribution < 1.29 is 0 Å². The molecule has 0 fully saturated rings. The van der Waals surface area contributed by atoms with Gasteiger partial charge >= 0.3 is 0 Å². The fourth-order valence-electron chi connectivity index (χ4n) is 2.01. The fraction of sp³-hybridized carbons (Fsp3) is 0.200. The van der Waals surface area contributed by atoms with Crippen LogP contribution in [0.3, 0.4) is 0 Å². The molecule has 2 heterocycles. The Balaban J connectivity index is 1.87. The molecule has 0 spiro atoms. The number of rotatable bonds is 3. The Morgan fingerprint density at radius 1 is 1.16 bits per heavy atom. The Hall–Kier alpha value is -1.94. The standard InChI is InChI=1S/C15H15N3S/c1-10-12(7-5-9-16-10)17-11(2)15-18-13-6-3-4-8-14(13)19-15/h3-9,11,17H,1-2H3. The van der Waals surface area contributed by atoms with Crippen molar-refractivity contribution in [3.8, 4) is 0 Å². The van der Waals surface area contributed by atoms with E-state index in [1.165, 1.54) is 4.70 Å². The van der Waals surface area contributed by atoms with E-state index < -0.39 is 0 Å². The number of nitrogens with zero attached hydrogens (tertiary/aromatic N) is 2. The molecule has 0 aliphatic rings. The summed E-state index contributed by atoms with van der Waals surface area (Å²) in [6.07, 6.45) is 1.81. The highest BCUT2D eigenvalue weighted by Gasteiger charge is 2.12. The SMILES string of the molecule is Cc1ncccc1NC(C)c1nc2ccccc2s1. The van der Waals surface area contributed by atoms with Crippen LogP contribution < -0.4 is 5.32 Å². The molecule has 0 aliphatic carbocycles. The minimum absolute atomic E-state index is 0.181. The molecule has 19 heavy (non-hydrogen) atoms. The van der Waals surface area contributed by atoms with E-state index in [2.05, 4.69) is 34.3 Å². The monoisotopic (exact) mass is 269 g/mol. The van der Waals surface area contributed by atoms with Crippen molar-refractivity contribution in [1.82, 2.24) is 9.97 Å². The maximum absolute atomic E-state index is 4.67. The van der Waals surface area contributed by atoms with Gasteiger partial charge in [0.1, 0.15) is 5.01 Å². The van der Waals surface area contributed by atoms with Gasteiger partial charge in [-0.3, -0.25) is 4.98 Å². The Bertz CT molecular complexity index is 672. The molecule has 3 nitrogen and oxygen atoms in total. The van der Waals surface area contributed by atoms with Crippen LogP contribution in [0.2, 0.25) is 0 Å². The van der Waals surface area contributed by atoms with Gasteiger partial charge in [0.25, 0.3) is 0 Å². The first-order chi connectivity index (χ1) is 9.24. The van der Waals surface area contributed by atoms with Gasteiger partial charge in [-0.05, 0) is 38.1 Å². The second-order valence-electron chi connectivity index (χ2n) is 4.52. The molecule has 0 aliphatic heterocycles. The molecule has 3 rings (SSSR count). The van der Waals surface area contributed by atoms with Gasteiger partial charge in [0.15, 0.2) is 0 Å². The third-order valence-electron chi connectivity index (χ3n) is 3.06. The largest absolute Gasteiger partial charge is 0.375 e. The zero-order chi connectivity index (χ0) is 13.2. The number of para-hydroxylation sites is 1. The maximum Gasteiger partial charge on any atom is 0.116 e. The molecule has 4 heteroatoms. The van der Waals surface area contributed by atoms with E-state index in [-0.39, 0.29) is 6.04 Å². The highest BCUT2D eigenvalue weighted by molar-refractivity contribution is 7.18. The number of pyridine rings is 1. The summed E-state index contributed by atoms with van der Waals surface area (Å²) in [4.78, 5) is 8.96. The van der Waals surface area contributed by atoms with Crippen LogP contribution in [0.5, 0.6) is 0 Å². The molecule has 0 saturated heterocycles. The van der Waals surface area contributed by atoms with Gasteiger partial charge in [0, 0.05) is 6.20 Å². The van der Waals surface area contributed by atoms with Crippen molar-refractivity contribution in [2.75, 3.05) is 5.32 Å². The number of benzene rings is 1. The summed E-state index contributed by atoms with van der Waals surface area (Å²) < 4.78 is 1.23. The molecular weight excluding hydrogens is 254 g/mol. The molecule has 0 amide bonds. The van der Waals surface area contributed by atoms with E-state index in [0.29, 0.717) is 0 Å². The first kappa shape index (κ1) is 12.1. The first-order valence-corrected chi connectivity index (χ1v) is 7.09. The van der Waals surface area contributed by atoms with Crippen LogP contribution in [0.15, 0.2) is 42.6 Å². The summed E-state index contributed by atoms with van der Waals surface area (Å²) >= 11 is 1.74. The lowest BCUT2D eigenvalue weighted by Gasteiger charge is -2.13. The fourth-order valence-corrected chi connectivity index (χ4v) is 2.98. The molecular formula is C15H15N3S. The smallest absolute Gasteiger partial charge is 0.116 e. The van der Waals surface area contributed by atoms with Gasteiger partial charge in [-0.15, -0.1) is 11.3 Å². The normalized spacial score (nSPS) is 12.5. The number of nitrogens with one attached hydrogen (secondary N) is 1. The Morgan fingerprint density at radius 2 is 2.00 bits per heavy atom. The van der Waals surface area contributed by atoms with Crippen molar-refractivity contribution >= 4 is 27.2 Å². The van der Waals surface area contributed by atoms with Gasteiger partial charge in [-0.25, -0.2) is 4.98 Å². The summed E-state index contributed by atoms with van der Waals surface area (Å²) in [6.45, 7) is 4.14. The molecule has 2 aromatic heterocycles. The van der Waals surface area contributed by atoms with E-state index in [0.717, 1.165) is 21.9 Å². The molecule has 0 saturated carbocycles. The van der Waals surface area contributed by atoms with Crippen LogP contribution in [0, 0.1) is 6.92 Å². The van der Waals surface area contributed by atoms with Gasteiger partial charge < -0.3 is 5.32 Å². The Labute approximate surface area is 116 Å². The molecule has 1 N–H and O–H groups in total. The first-order valence-electron chi connectivity index (χ1n) is 6.27. The Kier molecular flexibility index (Phi) is 3.17. The predicted octanol–water partition coefficient (Wildman–Crippen LogP) is 4.17. The average molecular weight is 269 g/mol. The number of fused-ring (bicyclic) bond motifs is 1. The summed E-state index contributed by atoms with van der Waals surface area (Å²) in [6, 6.07) is 12.4. The van der Waals surface area contributed by atoms with Crippen molar-refractivity contribution in [1.29, 1.82) is 0 Å². The van der Waals surface area contributed by atoms with E-state index in [1.54, 1.807) is 11.3 Å². The number of hydrogen-bond donors (Lipinski definition) is 1. The molecule has 1 atom stereocenters. The maximum atomic E-state index is 4.67. The average Bonchev–Trinajstić information content (AvgIpc) is 2.85. The predicted molar refractivity (Wildman–Crippen MR) is 80.6 cm³/mol. The van der Waals surface area contributed by atoms with E-state index in [9.17, 15) is 0 Å². The number of aryl methyl sites for hydroxylation is 1. The summed E-state index contributed by atoms with van der Waals surface area (Å²) in [7, 11) is 0. The van der Waals surface area contributed by atoms with Crippen LogP contribution in [-0.4, -0.2) is 9.97 Å². The summed E-state index contributed by atoms with van der Waals surface area (Å²) in [5.41, 5.74) is 3.14. The van der Waals surface area contributed by atoms with Crippen LogP contribution in [0.1, 0.15) is 23.7 Å². The van der Waals surface area contributed by atoms with Gasteiger partial charge in [0.2, 0.25) is 0 Å². The quantitative estimate of drug-likeness (QED) is 0.775. The van der Waals surface area contributed by atoms with Crippen LogP contribution >= 0.6 is 11.3 Å². The van der Waals surface area contributed by atoms with Crippen molar-refractivity contribution in [3.63, 3.8) is 0 Å². The van der Waals surface area contributed by atoms with Gasteiger partial charge in [-0.1, -0.05) is 12.1 Å². The summed E-state index contributed by atoms with van der Waals surface area (Å²) in [5, 5.41) is 4.57. The summed E-state index contributed by atoms with van der Waals surface area (Å²) in [5.74, 6) is 0. The lowest BCUT2D eigenvalue weighted by molar-refractivity contribution is 0.869. The number of thiazole rings is 1. The van der Waals surface area contributed by atoms with Crippen molar-refractivity contribution in [2.24, 2.45) is 0 Å². The minimum Gasteiger partial charge on any atom is -0.375 e. The molecule has 0 radical (unpaired) electrons. The van der Waals surface area contributed by atoms with Crippen molar-refractivity contribution in [2.45, 2.75) is 19.9 Å². The third-order valence-corrected chi connectivity index (χ3v) is 4.28. The van der Waals surface area contributed by atoms with Crippen LogP contribution in [0.4, 0.5) is 5.69 Å². The van der Waals surface area contributed by atoms with E-state index in [4.69, 9.17) is 0 Å². The van der Waals surface area contributed by atoms with Gasteiger partial charge in [-0.2, -0.15) is 0 Å². The lowest BCUT2D eigenvalue weighted by atomic mass is 10.2. The molecule has 1 unspecified atom stereocenters. The molecule has 3 aromatic rings. The minimum atomic E-state index is 0.181. The zero-order valence-electron chi connectivity index (χ0n) is 10.9. The lowest BCUT2D eigenvalue weighted by Crippen LogP contribution is -2.07. The topological polar surface area (TPSA) is 37.8 Å². The second-order valence-corrected chi connectivity index (χ2v) is 5.58. The highest BCUT2D eigenvalue weighted by atomic mass is 32.1. The molecule has 0 bridgehead atoms. The second kappa shape index (κ2) is 4.97. The van der Waals surface area contributed by atoms with E-state index >= 15 is 0 Å². The number of anilines is 1. The van der Waals surface area contributed by atoms with Crippen molar-refractivity contribution in [3.05, 3.63) is 53.3 Å². The highest BCUT2D eigenvalue weighted by Crippen LogP contribution is 2.28. The van der Waals surface area contributed by atoms with Gasteiger partial charge in [0.05, 0.1) is 27.6 Å². The van der Waals surface area contributed by atoms with E-state index in [1.807, 2.05) is 37.4 Å². The van der Waals surface area contributed by atoms with Crippen LogP contribution in [-0.2, 0) is 0 Å². The van der Waals surface area contributed by atoms with Crippen LogP contribution in [0.25, 0.3) is 10.2 Å². The third kappa shape index (κ3) is 2.44. The number of hydrogen-bond acceptors (Lipinski definition) is 4. The molecule has 1 aromatic carbocycles. The number of aromatic nitrogens is 2. The molecule has 96 valence electrons. The Morgan fingerprint density at radius 3 is 2.79 bits per heavy atom. The zero-order valence-corrected chi connectivity index (χ0v) is 11.7.